The van der Waals surface area contributed by atoms with Gasteiger partial charge in [-0.05, 0) is 18.9 Å². The number of hydrogen-bond acceptors (Lipinski definition) is 3. The molecule has 0 bridgehead atoms. The number of fused-ring (bicyclic) bond motifs is 3. The van der Waals surface area contributed by atoms with E-state index < -0.39 is 0 Å². The molecule has 0 aromatic carbocycles. The lowest BCUT2D eigenvalue weighted by molar-refractivity contribution is 0.450. The first kappa shape index (κ1) is 10.1. The van der Waals surface area contributed by atoms with Gasteiger partial charge in [0, 0.05) is 17.0 Å². The minimum Gasteiger partial charge on any atom is -0.346 e. The van der Waals surface area contributed by atoms with Crippen LogP contribution in [0.1, 0.15) is 31.4 Å². The molecule has 5 nitrogen and oxygen atoms in total. The molecule has 92 valence electrons. The largest absolute Gasteiger partial charge is 0.346 e. The normalized spacial score (nSPS) is 18.9. The first-order valence-electron chi connectivity index (χ1n) is 6.37. The molecule has 0 radical (unpaired) electrons. The fraction of sp³-hybridized carbons (Fsp3) is 0.385. The van der Waals surface area contributed by atoms with Gasteiger partial charge in [-0.1, -0.05) is 12.8 Å². The highest BCUT2D eigenvalue weighted by Gasteiger charge is 2.35. The number of nitrogens with two attached hydrogens (primary N) is 1. The van der Waals surface area contributed by atoms with Crippen molar-refractivity contribution in [1.29, 1.82) is 0 Å². The molecule has 0 spiro atoms. The van der Waals surface area contributed by atoms with E-state index in [2.05, 4.69) is 20.2 Å². The zero-order chi connectivity index (χ0) is 12.2. The van der Waals surface area contributed by atoms with E-state index in [0.717, 1.165) is 40.5 Å². The van der Waals surface area contributed by atoms with Gasteiger partial charge in [0.2, 0.25) is 0 Å². The second-order valence-corrected chi connectivity index (χ2v) is 5.22. The fourth-order valence-electron chi connectivity index (χ4n) is 3.12. The highest BCUT2D eigenvalue weighted by atomic mass is 15.1. The Kier molecular flexibility index (Phi) is 1.86. The van der Waals surface area contributed by atoms with E-state index in [4.69, 9.17) is 5.73 Å². The van der Waals surface area contributed by atoms with Crippen molar-refractivity contribution in [3.05, 3.63) is 24.2 Å². The van der Waals surface area contributed by atoms with Crippen molar-refractivity contribution in [2.45, 2.75) is 31.2 Å². The van der Waals surface area contributed by atoms with Crippen molar-refractivity contribution in [2.24, 2.45) is 5.73 Å². The third-order valence-corrected chi connectivity index (χ3v) is 4.08. The van der Waals surface area contributed by atoms with Crippen LogP contribution in [0, 0.1) is 0 Å². The average Bonchev–Trinajstić information content (AvgIpc) is 3.05. The van der Waals surface area contributed by atoms with Gasteiger partial charge in [0.15, 0.2) is 0 Å². The molecule has 4 N–H and O–H groups in total. The van der Waals surface area contributed by atoms with Gasteiger partial charge in [-0.2, -0.15) is 5.10 Å². The lowest BCUT2D eigenvalue weighted by Crippen LogP contribution is -2.33. The second-order valence-electron chi connectivity index (χ2n) is 5.22. The van der Waals surface area contributed by atoms with Gasteiger partial charge < -0.3 is 10.7 Å². The van der Waals surface area contributed by atoms with Crippen molar-refractivity contribution >= 4 is 21.9 Å². The number of pyridine rings is 1. The van der Waals surface area contributed by atoms with E-state index in [1.165, 1.54) is 12.8 Å². The maximum Gasteiger partial charge on any atom is 0.138 e. The summed E-state index contributed by atoms with van der Waals surface area (Å²) >= 11 is 0. The molecular weight excluding hydrogens is 226 g/mol. The Hall–Kier alpha value is -1.88. The summed E-state index contributed by atoms with van der Waals surface area (Å²) in [5.41, 5.74) is 9.13. The molecule has 1 aliphatic rings. The summed E-state index contributed by atoms with van der Waals surface area (Å²) in [6.45, 7) is 0. The zero-order valence-electron chi connectivity index (χ0n) is 10.0. The Labute approximate surface area is 104 Å². The maximum atomic E-state index is 6.54. The van der Waals surface area contributed by atoms with Crippen LogP contribution in [0.15, 0.2) is 18.5 Å². The van der Waals surface area contributed by atoms with Gasteiger partial charge in [-0.3, -0.25) is 5.10 Å². The number of aromatic nitrogens is 4. The Bertz CT molecular complexity index is 717. The van der Waals surface area contributed by atoms with Crippen molar-refractivity contribution < 1.29 is 0 Å². The van der Waals surface area contributed by atoms with Crippen LogP contribution in [-0.4, -0.2) is 20.2 Å². The van der Waals surface area contributed by atoms with Crippen molar-refractivity contribution in [1.82, 2.24) is 20.2 Å². The minimum absolute atomic E-state index is 0.274. The molecule has 3 aromatic rings. The SMILES string of the molecule is NC1(c2n[nH]c3cnc4[nH]ccc4c23)CCCC1. The van der Waals surface area contributed by atoms with Gasteiger partial charge in [0.1, 0.15) is 5.65 Å². The predicted octanol–water partition coefficient (Wildman–Crippen LogP) is 2.17. The average molecular weight is 241 g/mol. The van der Waals surface area contributed by atoms with E-state index in [0.29, 0.717) is 0 Å². The van der Waals surface area contributed by atoms with Crippen LogP contribution in [0.4, 0.5) is 0 Å². The summed E-state index contributed by atoms with van der Waals surface area (Å²) in [6, 6.07) is 2.04. The molecule has 18 heavy (non-hydrogen) atoms. The Morgan fingerprint density at radius 2 is 2.11 bits per heavy atom. The number of aromatic amines is 2. The van der Waals surface area contributed by atoms with E-state index in [-0.39, 0.29) is 5.54 Å². The van der Waals surface area contributed by atoms with Gasteiger partial charge >= 0.3 is 0 Å². The van der Waals surface area contributed by atoms with E-state index in [1.807, 2.05) is 18.5 Å². The Balaban J connectivity index is 2.08. The monoisotopic (exact) mass is 241 g/mol. The van der Waals surface area contributed by atoms with Gasteiger partial charge in [0.05, 0.1) is 22.9 Å². The highest BCUT2D eigenvalue weighted by molar-refractivity contribution is 6.04. The quantitative estimate of drug-likeness (QED) is 0.610. The van der Waals surface area contributed by atoms with Crippen LogP contribution in [0.3, 0.4) is 0 Å². The van der Waals surface area contributed by atoms with E-state index in [9.17, 15) is 0 Å². The Morgan fingerprint density at radius 1 is 1.28 bits per heavy atom. The molecule has 0 atom stereocenters. The summed E-state index contributed by atoms with van der Waals surface area (Å²) in [7, 11) is 0. The lowest BCUT2D eigenvalue weighted by atomic mass is 9.92. The van der Waals surface area contributed by atoms with Crippen LogP contribution in [0.25, 0.3) is 21.9 Å². The first-order chi connectivity index (χ1) is 8.78. The molecule has 0 aliphatic heterocycles. The van der Waals surface area contributed by atoms with Crippen LogP contribution in [0.5, 0.6) is 0 Å². The molecule has 0 saturated heterocycles. The molecule has 4 rings (SSSR count). The third-order valence-electron chi connectivity index (χ3n) is 4.08. The second kappa shape index (κ2) is 3.32. The van der Waals surface area contributed by atoms with Crippen LogP contribution >= 0.6 is 0 Å². The van der Waals surface area contributed by atoms with Crippen molar-refractivity contribution in [2.75, 3.05) is 0 Å². The van der Waals surface area contributed by atoms with Crippen molar-refractivity contribution in [3.8, 4) is 0 Å². The summed E-state index contributed by atoms with van der Waals surface area (Å²) in [5.74, 6) is 0. The van der Waals surface area contributed by atoms with Crippen LogP contribution in [-0.2, 0) is 5.54 Å². The minimum atomic E-state index is -0.274. The third kappa shape index (κ3) is 1.19. The molecule has 5 heteroatoms. The van der Waals surface area contributed by atoms with Crippen molar-refractivity contribution in [3.63, 3.8) is 0 Å². The zero-order valence-corrected chi connectivity index (χ0v) is 10.0. The molecular formula is C13H15N5. The maximum absolute atomic E-state index is 6.54. The number of nitrogens with zero attached hydrogens (tertiary/aromatic N) is 2. The summed E-state index contributed by atoms with van der Waals surface area (Å²) in [4.78, 5) is 7.50. The van der Waals surface area contributed by atoms with Crippen LogP contribution < -0.4 is 5.73 Å². The smallest absolute Gasteiger partial charge is 0.138 e. The topological polar surface area (TPSA) is 83.4 Å². The highest BCUT2D eigenvalue weighted by Crippen LogP contribution is 2.39. The summed E-state index contributed by atoms with van der Waals surface area (Å²) < 4.78 is 0. The summed E-state index contributed by atoms with van der Waals surface area (Å²) in [6.07, 6.45) is 8.13. The molecule has 3 heterocycles. The Morgan fingerprint density at radius 3 is 2.94 bits per heavy atom. The number of hydrogen-bond donors (Lipinski definition) is 3. The molecule has 1 saturated carbocycles. The van der Waals surface area contributed by atoms with Crippen LogP contribution in [0.2, 0.25) is 0 Å². The molecule has 0 amide bonds. The number of rotatable bonds is 1. The number of H-pyrrole nitrogens is 2. The lowest BCUT2D eigenvalue weighted by Gasteiger charge is -2.21. The standard InChI is InChI=1S/C13H15N5/c14-13(4-1-2-5-13)11-10-8-3-6-15-12(8)16-7-9(10)17-18-11/h3,6-7H,1-2,4-5,14H2,(H,15,16)(H,17,18). The summed E-state index contributed by atoms with van der Waals surface area (Å²) in [5, 5.41) is 9.78. The van der Waals surface area contributed by atoms with Gasteiger partial charge in [-0.15, -0.1) is 0 Å². The van der Waals surface area contributed by atoms with Gasteiger partial charge in [0.25, 0.3) is 0 Å². The molecule has 1 fully saturated rings. The number of nitrogens with one attached hydrogen (secondary N) is 2. The van der Waals surface area contributed by atoms with E-state index in [1.54, 1.807) is 0 Å². The molecule has 1 aliphatic carbocycles. The first-order valence-corrected chi connectivity index (χ1v) is 6.37. The molecule has 3 aromatic heterocycles. The fourth-order valence-corrected chi connectivity index (χ4v) is 3.12. The predicted molar refractivity (Wildman–Crippen MR) is 70.1 cm³/mol. The van der Waals surface area contributed by atoms with Gasteiger partial charge in [-0.25, -0.2) is 4.98 Å². The van der Waals surface area contributed by atoms with E-state index >= 15 is 0 Å². The molecule has 0 unspecified atom stereocenters.